The van der Waals surface area contributed by atoms with Crippen LogP contribution < -0.4 is 5.69 Å². The molecule has 0 saturated carbocycles. The van der Waals surface area contributed by atoms with Crippen LogP contribution in [0.15, 0.2) is 45.9 Å². The fourth-order valence-corrected chi connectivity index (χ4v) is 2.12. The molecule has 3 rings (SSSR count). The van der Waals surface area contributed by atoms with Crippen LogP contribution in [0.1, 0.15) is 0 Å². The van der Waals surface area contributed by atoms with Crippen molar-refractivity contribution < 1.29 is 0 Å². The third-order valence-corrected chi connectivity index (χ3v) is 3.00. The number of hydrogen-bond donors (Lipinski definition) is 1. The quantitative estimate of drug-likeness (QED) is 0.744. The van der Waals surface area contributed by atoms with Crippen LogP contribution in [0.3, 0.4) is 0 Å². The van der Waals surface area contributed by atoms with Gasteiger partial charge in [0, 0.05) is 5.56 Å². The first kappa shape index (κ1) is 10.2. The fraction of sp³-hybridized carbons (Fsp3) is 0. The number of nitrogens with zero attached hydrogens (tertiary/aromatic N) is 3. The van der Waals surface area contributed by atoms with E-state index < -0.39 is 0 Å². The smallest absolute Gasteiger partial charge is 0.246 e. The molecule has 0 aliphatic carbocycles. The molecule has 6 heteroatoms. The minimum atomic E-state index is -0.316. The van der Waals surface area contributed by atoms with Crippen molar-refractivity contribution in [2.75, 3.05) is 0 Å². The van der Waals surface area contributed by atoms with Crippen molar-refractivity contribution in [3.8, 4) is 11.3 Å². The van der Waals surface area contributed by atoms with Crippen LogP contribution in [0.25, 0.3) is 16.9 Å². The van der Waals surface area contributed by atoms with Crippen LogP contribution in [-0.4, -0.2) is 19.6 Å². The Morgan fingerprint density at radius 2 is 2.00 bits per heavy atom. The van der Waals surface area contributed by atoms with Crippen molar-refractivity contribution in [3.05, 3.63) is 51.6 Å². The zero-order chi connectivity index (χ0) is 11.8. The maximum Gasteiger partial charge on any atom is 0.348 e. The van der Waals surface area contributed by atoms with Crippen molar-refractivity contribution >= 4 is 21.6 Å². The summed E-state index contributed by atoms with van der Waals surface area (Å²) in [6.45, 7) is 0. The van der Waals surface area contributed by atoms with Gasteiger partial charge in [0.05, 0.1) is 6.20 Å². The third kappa shape index (κ3) is 1.57. The summed E-state index contributed by atoms with van der Waals surface area (Å²) in [5.74, 6) is 0. The molecule has 1 N–H and O–H groups in total. The highest BCUT2D eigenvalue weighted by Gasteiger charge is 2.11. The Morgan fingerprint density at radius 3 is 2.76 bits per heavy atom. The summed E-state index contributed by atoms with van der Waals surface area (Å²) >= 11 is 3.28. The molecule has 2 heterocycles. The van der Waals surface area contributed by atoms with Crippen molar-refractivity contribution in [1.29, 1.82) is 0 Å². The van der Waals surface area contributed by atoms with Gasteiger partial charge in [-0.2, -0.15) is 5.10 Å². The molecule has 0 fully saturated rings. The number of H-pyrrole nitrogens is 1. The number of fused-ring (bicyclic) bond motifs is 1. The molecule has 0 unspecified atom stereocenters. The Balaban J connectivity index is 2.40. The minimum absolute atomic E-state index is 0.316. The summed E-state index contributed by atoms with van der Waals surface area (Å²) in [5, 5.41) is 6.50. The average molecular weight is 291 g/mol. The summed E-state index contributed by atoms with van der Waals surface area (Å²) in [5.41, 5.74) is 1.78. The fourth-order valence-electron chi connectivity index (χ4n) is 1.68. The SMILES string of the molecule is O=c1[nH]nc(-c2ccccc2)c2ncc(Br)n12. The minimum Gasteiger partial charge on any atom is -0.246 e. The zero-order valence-electron chi connectivity index (χ0n) is 8.59. The lowest BCUT2D eigenvalue weighted by molar-refractivity contribution is 0.882. The van der Waals surface area contributed by atoms with Crippen molar-refractivity contribution in [3.63, 3.8) is 0 Å². The molecule has 0 aliphatic rings. The van der Waals surface area contributed by atoms with Gasteiger partial charge < -0.3 is 0 Å². The molecule has 0 amide bonds. The van der Waals surface area contributed by atoms with Crippen LogP contribution in [-0.2, 0) is 0 Å². The maximum absolute atomic E-state index is 11.6. The summed E-state index contributed by atoms with van der Waals surface area (Å²) in [6.07, 6.45) is 1.58. The summed E-state index contributed by atoms with van der Waals surface area (Å²) < 4.78 is 2.04. The number of hydrogen-bond acceptors (Lipinski definition) is 3. The molecule has 2 aromatic heterocycles. The van der Waals surface area contributed by atoms with Crippen LogP contribution in [0.5, 0.6) is 0 Å². The van der Waals surface area contributed by atoms with E-state index in [2.05, 4.69) is 31.1 Å². The van der Waals surface area contributed by atoms with Gasteiger partial charge >= 0.3 is 5.69 Å². The Bertz CT molecular complexity index is 732. The number of imidazole rings is 1. The molecule has 5 nitrogen and oxygen atoms in total. The van der Waals surface area contributed by atoms with Gasteiger partial charge in [-0.3, -0.25) is 0 Å². The van der Waals surface area contributed by atoms with Gasteiger partial charge in [0.15, 0.2) is 5.65 Å². The number of benzene rings is 1. The highest BCUT2D eigenvalue weighted by atomic mass is 79.9. The van der Waals surface area contributed by atoms with E-state index in [-0.39, 0.29) is 5.69 Å². The number of halogens is 1. The molecule has 1 aromatic carbocycles. The lowest BCUT2D eigenvalue weighted by Gasteiger charge is -2.01. The highest BCUT2D eigenvalue weighted by molar-refractivity contribution is 9.10. The van der Waals surface area contributed by atoms with Gasteiger partial charge in [-0.25, -0.2) is 19.3 Å². The third-order valence-electron chi connectivity index (χ3n) is 2.44. The number of aromatic amines is 1. The monoisotopic (exact) mass is 290 g/mol. The van der Waals surface area contributed by atoms with E-state index in [4.69, 9.17) is 0 Å². The summed E-state index contributed by atoms with van der Waals surface area (Å²) in [7, 11) is 0. The molecule has 0 bridgehead atoms. The second kappa shape index (κ2) is 3.81. The van der Waals surface area contributed by atoms with Crippen LogP contribution in [0.4, 0.5) is 0 Å². The molecule has 0 radical (unpaired) electrons. The summed E-state index contributed by atoms with van der Waals surface area (Å²) in [4.78, 5) is 15.8. The molecule has 0 spiro atoms. The molecule has 0 atom stereocenters. The van der Waals surface area contributed by atoms with E-state index in [0.29, 0.717) is 15.9 Å². The highest BCUT2D eigenvalue weighted by Crippen LogP contribution is 2.21. The predicted octanol–water partition coefficient (Wildman–Crippen LogP) is 1.85. The maximum atomic E-state index is 11.6. The average Bonchev–Trinajstić information content (AvgIpc) is 2.74. The van der Waals surface area contributed by atoms with E-state index in [1.54, 1.807) is 6.20 Å². The Labute approximate surface area is 104 Å². The van der Waals surface area contributed by atoms with Gasteiger partial charge in [0.25, 0.3) is 0 Å². The van der Waals surface area contributed by atoms with Crippen molar-refractivity contribution in [2.45, 2.75) is 0 Å². The van der Waals surface area contributed by atoms with Gasteiger partial charge in [-0.15, -0.1) is 0 Å². The topological polar surface area (TPSA) is 63.0 Å². The Morgan fingerprint density at radius 1 is 1.24 bits per heavy atom. The lowest BCUT2D eigenvalue weighted by Crippen LogP contribution is -2.18. The normalized spacial score (nSPS) is 10.9. The molecule has 0 saturated heterocycles. The van der Waals surface area contributed by atoms with E-state index in [1.807, 2.05) is 30.3 Å². The van der Waals surface area contributed by atoms with E-state index in [9.17, 15) is 4.79 Å². The second-order valence-electron chi connectivity index (χ2n) is 3.48. The molecular weight excluding hydrogens is 284 g/mol. The Hall–Kier alpha value is -1.95. The van der Waals surface area contributed by atoms with Gasteiger partial charge in [0.1, 0.15) is 10.3 Å². The first-order valence-electron chi connectivity index (χ1n) is 4.94. The van der Waals surface area contributed by atoms with Gasteiger partial charge in [0.2, 0.25) is 0 Å². The molecular formula is C11H7BrN4O. The van der Waals surface area contributed by atoms with Crippen molar-refractivity contribution in [2.24, 2.45) is 0 Å². The lowest BCUT2D eigenvalue weighted by atomic mass is 10.2. The number of nitrogens with one attached hydrogen (secondary N) is 1. The second-order valence-corrected chi connectivity index (χ2v) is 4.30. The van der Waals surface area contributed by atoms with E-state index in [0.717, 1.165) is 5.56 Å². The predicted molar refractivity (Wildman–Crippen MR) is 66.7 cm³/mol. The molecule has 3 aromatic rings. The summed E-state index contributed by atoms with van der Waals surface area (Å²) in [6, 6.07) is 9.59. The standard InChI is InChI=1S/C11H7BrN4O/c12-8-6-13-10-9(7-4-2-1-3-5-7)14-15-11(17)16(8)10/h1-6H,(H,15,17). The number of aromatic nitrogens is 4. The largest absolute Gasteiger partial charge is 0.348 e. The molecule has 17 heavy (non-hydrogen) atoms. The Kier molecular flexibility index (Phi) is 2.29. The number of rotatable bonds is 1. The van der Waals surface area contributed by atoms with Crippen LogP contribution >= 0.6 is 15.9 Å². The van der Waals surface area contributed by atoms with Crippen LogP contribution in [0.2, 0.25) is 0 Å². The van der Waals surface area contributed by atoms with E-state index >= 15 is 0 Å². The first-order chi connectivity index (χ1) is 8.27. The van der Waals surface area contributed by atoms with Gasteiger partial charge in [-0.05, 0) is 15.9 Å². The molecule has 84 valence electrons. The van der Waals surface area contributed by atoms with Crippen LogP contribution in [0, 0.1) is 0 Å². The first-order valence-corrected chi connectivity index (χ1v) is 5.74. The molecule has 0 aliphatic heterocycles. The van der Waals surface area contributed by atoms with E-state index in [1.165, 1.54) is 4.40 Å². The zero-order valence-corrected chi connectivity index (χ0v) is 10.2. The van der Waals surface area contributed by atoms with Gasteiger partial charge in [-0.1, -0.05) is 30.3 Å². The van der Waals surface area contributed by atoms with Crippen molar-refractivity contribution in [1.82, 2.24) is 19.6 Å².